The molecule has 0 aliphatic carbocycles. The highest BCUT2D eigenvalue weighted by Gasteiger charge is 2.61. The number of aliphatic hydroxyl groups is 1. The number of aromatic nitrogens is 1. The number of Topliss-reactive ketones (excluding diaryl/α,β-unsaturated/α-hetero) is 1. The van der Waals surface area contributed by atoms with Crippen LogP contribution in [0.5, 0.6) is 28.7 Å². The number of carbonyl (C=O) groups excluding carboxylic acids is 2. The Bertz CT molecular complexity index is 2370. The van der Waals surface area contributed by atoms with Gasteiger partial charge in [0.25, 0.3) is 0 Å². The van der Waals surface area contributed by atoms with Crippen molar-refractivity contribution in [2.24, 2.45) is 0 Å². The number of hydrogen-bond acceptors (Lipinski definition) is 13. The van der Waals surface area contributed by atoms with Crippen molar-refractivity contribution >= 4 is 34.4 Å². The van der Waals surface area contributed by atoms with Crippen molar-refractivity contribution in [2.45, 2.75) is 74.8 Å². The van der Waals surface area contributed by atoms with Gasteiger partial charge in [0.2, 0.25) is 6.79 Å². The monoisotopic (exact) mass is 786 g/mol. The van der Waals surface area contributed by atoms with Crippen LogP contribution in [0.15, 0.2) is 24.3 Å². The molecule has 1 unspecified atom stereocenters. The normalized spacial score (nSPS) is 29.4. The van der Waals surface area contributed by atoms with Gasteiger partial charge in [-0.3, -0.25) is 24.7 Å². The standard InChI is InChI=1S/C41H43FN4O9S/c1-17-10-20-11-25-40(50)46-26-13-52-14-27(48)41(39-22(8-9-43-41)23-12-21(42)6-7-24(23)44-39)15-56-38(32(46)31(45(25)4)28(20)33(49)34(17)51-5)30-29(26)37-36(53-16-54-37)18(2)35(30)55-19(3)47/h6-7,10,12,25-26,31-32,38,40,43-44,49-50H,8-9,11,13-16H2,1-5H3/t25-,26-,31+,32?,38+,40-,41-/m0/s1. The predicted molar refractivity (Wildman–Crippen MR) is 203 cm³/mol. The van der Waals surface area contributed by atoms with Crippen LogP contribution in [0.25, 0.3) is 10.9 Å². The number of esters is 1. The van der Waals surface area contributed by atoms with Crippen LogP contribution in [0, 0.1) is 19.7 Å². The molecule has 0 saturated carbocycles. The minimum Gasteiger partial charge on any atom is -0.504 e. The largest absolute Gasteiger partial charge is 0.504 e. The number of methoxy groups -OCH3 is 1. The number of piperazine rings is 1. The van der Waals surface area contributed by atoms with E-state index in [1.807, 2.05) is 27.0 Å². The van der Waals surface area contributed by atoms with Gasteiger partial charge in [-0.25, -0.2) is 4.39 Å². The van der Waals surface area contributed by atoms with Gasteiger partial charge in [0.1, 0.15) is 29.9 Å². The molecule has 15 heteroatoms. The van der Waals surface area contributed by atoms with Crippen LogP contribution in [0.2, 0.25) is 0 Å². The molecule has 56 heavy (non-hydrogen) atoms. The van der Waals surface area contributed by atoms with Crippen LogP contribution < -0.4 is 24.3 Å². The smallest absolute Gasteiger partial charge is 0.308 e. The molecule has 11 rings (SSSR count). The van der Waals surface area contributed by atoms with Crippen molar-refractivity contribution in [3.05, 3.63) is 74.7 Å². The van der Waals surface area contributed by atoms with Gasteiger partial charge in [-0.05, 0) is 68.6 Å². The quantitative estimate of drug-likeness (QED) is 0.168. The molecule has 8 heterocycles. The second kappa shape index (κ2) is 12.8. The van der Waals surface area contributed by atoms with E-state index in [1.165, 1.54) is 37.9 Å². The third-order valence-electron chi connectivity index (χ3n) is 12.9. The summed E-state index contributed by atoms with van der Waals surface area (Å²) >= 11 is 1.51. The summed E-state index contributed by atoms with van der Waals surface area (Å²) in [6.07, 6.45) is 0.0259. The number of hydrogen-bond donors (Lipinski definition) is 4. The second-order valence-electron chi connectivity index (χ2n) is 15.8. The molecule has 4 N–H and O–H groups in total. The number of halogens is 1. The lowest BCUT2D eigenvalue weighted by Gasteiger charge is -2.61. The fraction of sp³-hybridized carbons (Fsp3) is 0.463. The molecular weight excluding hydrogens is 744 g/mol. The maximum Gasteiger partial charge on any atom is 0.308 e. The van der Waals surface area contributed by atoms with Crippen LogP contribution >= 0.6 is 11.8 Å². The lowest BCUT2D eigenvalue weighted by atomic mass is 9.73. The number of H-pyrrole nitrogens is 1. The number of thioether (sulfide) groups is 1. The van der Waals surface area contributed by atoms with E-state index in [2.05, 4.69) is 20.1 Å². The summed E-state index contributed by atoms with van der Waals surface area (Å²) in [5.74, 6) is 0.804. The SMILES string of the molecule is COc1c(C)cc2c(c1O)[C@@H]1C3[C@@H]4SC[C@]5(NCCc6c5[nH]c5ccc(F)cc65)C(=O)COC[C@@H](c5c6c(c(C)c(OC(C)=O)c54)OCO6)N3[C@@H](O)[C@H](C2)N1C. The third kappa shape index (κ3) is 4.84. The van der Waals surface area contributed by atoms with Crippen molar-refractivity contribution in [3.8, 4) is 28.7 Å². The number of fused-ring (bicyclic) bond motifs is 12. The molecule has 1 aromatic heterocycles. The Hall–Kier alpha value is -4.38. The van der Waals surface area contributed by atoms with Crippen molar-refractivity contribution in [1.82, 2.24) is 20.1 Å². The number of nitrogens with zero attached hydrogens (tertiary/aromatic N) is 2. The zero-order valence-corrected chi connectivity index (χ0v) is 32.5. The molecule has 2 fully saturated rings. The number of aromatic hydroxyl groups is 1. The Morgan fingerprint density at radius 3 is 2.71 bits per heavy atom. The summed E-state index contributed by atoms with van der Waals surface area (Å²) < 4.78 is 45.3. The zero-order chi connectivity index (χ0) is 38.9. The molecule has 0 amide bonds. The first kappa shape index (κ1) is 36.0. The summed E-state index contributed by atoms with van der Waals surface area (Å²) in [5, 5.41) is 28.4. The number of carbonyl (C=O) groups is 2. The first-order valence-corrected chi connectivity index (χ1v) is 20.0. The number of phenols is 1. The molecule has 7 atom stereocenters. The van der Waals surface area contributed by atoms with Gasteiger partial charge in [-0.15, -0.1) is 11.8 Å². The van der Waals surface area contributed by atoms with Crippen LogP contribution in [0.4, 0.5) is 4.39 Å². The molecule has 0 radical (unpaired) electrons. The Morgan fingerprint density at radius 1 is 1.12 bits per heavy atom. The number of phenolic OH excluding ortho intramolecular Hbond substituents is 1. The Kier molecular flexibility index (Phi) is 8.24. The second-order valence-corrected chi connectivity index (χ2v) is 16.9. The summed E-state index contributed by atoms with van der Waals surface area (Å²) in [6.45, 7) is 5.22. The van der Waals surface area contributed by atoms with Gasteiger partial charge < -0.3 is 38.9 Å². The molecular formula is C41H43FN4O9S. The van der Waals surface area contributed by atoms with Crippen LogP contribution in [-0.2, 0) is 32.7 Å². The zero-order valence-electron chi connectivity index (χ0n) is 31.7. The maximum atomic E-state index is 14.8. The number of rotatable bonds is 2. The van der Waals surface area contributed by atoms with E-state index in [9.17, 15) is 24.2 Å². The van der Waals surface area contributed by atoms with E-state index in [-0.39, 0.29) is 49.2 Å². The molecule has 7 aliphatic rings. The number of ether oxygens (including phenoxy) is 5. The fourth-order valence-corrected chi connectivity index (χ4v) is 12.3. The number of aryl methyl sites for hydroxylation is 1. The topological polar surface area (TPSA) is 155 Å². The molecule has 1 spiro atoms. The van der Waals surface area contributed by atoms with E-state index in [0.717, 1.165) is 27.6 Å². The van der Waals surface area contributed by atoms with Crippen molar-refractivity contribution < 1.29 is 47.9 Å². The summed E-state index contributed by atoms with van der Waals surface area (Å²) in [6, 6.07) is 4.51. The van der Waals surface area contributed by atoms with Crippen molar-refractivity contribution in [3.63, 3.8) is 0 Å². The molecule has 4 bridgehead atoms. The maximum absolute atomic E-state index is 14.8. The van der Waals surface area contributed by atoms with Crippen LogP contribution in [-0.4, -0.2) is 102 Å². The number of aliphatic hydroxyl groups excluding tert-OH is 1. The van der Waals surface area contributed by atoms with Crippen LogP contribution in [0.3, 0.4) is 0 Å². The lowest BCUT2D eigenvalue weighted by Crippen LogP contribution is -2.69. The average molecular weight is 787 g/mol. The Morgan fingerprint density at radius 2 is 1.93 bits per heavy atom. The number of aromatic amines is 1. The van der Waals surface area contributed by atoms with E-state index in [4.69, 9.17) is 23.7 Å². The van der Waals surface area contributed by atoms with Crippen molar-refractivity contribution in [2.75, 3.05) is 46.5 Å². The first-order chi connectivity index (χ1) is 26.9. The third-order valence-corrected chi connectivity index (χ3v) is 14.4. The minimum atomic E-state index is -1.27. The Labute approximate surface area is 326 Å². The highest BCUT2D eigenvalue weighted by atomic mass is 32.2. The van der Waals surface area contributed by atoms with Gasteiger partial charge in [-0.2, -0.15) is 0 Å². The molecule has 4 aromatic rings. The highest BCUT2D eigenvalue weighted by molar-refractivity contribution is 7.99. The fourth-order valence-electron chi connectivity index (χ4n) is 10.6. The molecule has 13 nitrogen and oxygen atoms in total. The molecule has 294 valence electrons. The number of likely N-dealkylation sites (N-methyl/N-ethyl adjacent to an activating group) is 1. The summed E-state index contributed by atoms with van der Waals surface area (Å²) in [5.41, 5.74) is 5.34. The van der Waals surface area contributed by atoms with Crippen LogP contribution in [0.1, 0.15) is 68.9 Å². The van der Waals surface area contributed by atoms with E-state index < -0.39 is 41.1 Å². The minimum absolute atomic E-state index is 0.0257. The number of benzene rings is 3. The van der Waals surface area contributed by atoms with Gasteiger partial charge in [0.15, 0.2) is 28.8 Å². The van der Waals surface area contributed by atoms with Gasteiger partial charge in [0, 0.05) is 64.1 Å². The first-order valence-electron chi connectivity index (χ1n) is 18.9. The van der Waals surface area contributed by atoms with Gasteiger partial charge >= 0.3 is 5.97 Å². The van der Waals surface area contributed by atoms with Gasteiger partial charge in [-0.1, -0.05) is 6.07 Å². The number of nitrogens with one attached hydrogen (secondary N) is 2. The summed E-state index contributed by atoms with van der Waals surface area (Å²) in [7, 11) is 3.50. The van der Waals surface area contributed by atoms with E-state index >= 15 is 0 Å². The van der Waals surface area contributed by atoms with E-state index in [0.29, 0.717) is 70.3 Å². The van der Waals surface area contributed by atoms with Crippen molar-refractivity contribution in [1.29, 1.82) is 0 Å². The predicted octanol–water partition coefficient (Wildman–Crippen LogP) is 4.36. The highest BCUT2D eigenvalue weighted by Crippen LogP contribution is 2.64. The lowest BCUT2D eigenvalue weighted by molar-refractivity contribution is -0.181. The summed E-state index contributed by atoms with van der Waals surface area (Å²) in [4.78, 5) is 35.4. The number of ketones is 1. The molecule has 3 aromatic carbocycles. The van der Waals surface area contributed by atoms with E-state index in [1.54, 1.807) is 6.07 Å². The molecule has 2 saturated heterocycles. The van der Waals surface area contributed by atoms with Gasteiger partial charge in [0.05, 0.1) is 37.1 Å². The molecule has 7 aliphatic heterocycles. The Balaban J connectivity index is 1.24. The average Bonchev–Trinajstić information content (AvgIpc) is 3.80.